The number of hydrogen-bond donors (Lipinski definition) is 1. The van der Waals surface area contributed by atoms with Crippen LogP contribution in [0.2, 0.25) is 0 Å². The number of hydrogen-bond acceptors (Lipinski definition) is 5. The van der Waals surface area contributed by atoms with E-state index in [1.54, 1.807) is 12.1 Å². The second kappa shape index (κ2) is 7.43. The van der Waals surface area contributed by atoms with Gasteiger partial charge in [0.05, 0.1) is 21.9 Å². The van der Waals surface area contributed by atoms with Crippen LogP contribution in [0.4, 0.5) is 8.78 Å². The molecule has 3 aromatic rings. The van der Waals surface area contributed by atoms with Crippen molar-refractivity contribution in [1.29, 1.82) is 10.5 Å². The molecule has 2 N–H and O–H groups in total. The molecule has 0 spiro atoms. The first-order valence-corrected chi connectivity index (χ1v) is 9.55. The molecule has 2 aromatic carbocycles. The van der Waals surface area contributed by atoms with Gasteiger partial charge in [-0.2, -0.15) is 10.5 Å². The van der Waals surface area contributed by atoms with Gasteiger partial charge in [0.25, 0.3) is 5.56 Å². The summed E-state index contributed by atoms with van der Waals surface area (Å²) in [4.78, 5) is 13.3. The molecule has 4 rings (SSSR count). The monoisotopic (exact) mass is 418 g/mol. The zero-order chi connectivity index (χ0) is 21.4. The van der Waals surface area contributed by atoms with Crippen LogP contribution in [0.3, 0.4) is 0 Å². The van der Waals surface area contributed by atoms with Crippen molar-refractivity contribution < 1.29 is 8.78 Å². The Kier molecular flexibility index (Phi) is 4.78. The van der Waals surface area contributed by atoms with Crippen LogP contribution in [0.5, 0.6) is 0 Å². The van der Waals surface area contributed by atoms with Crippen molar-refractivity contribution in [2.75, 3.05) is 0 Å². The van der Waals surface area contributed by atoms with Crippen LogP contribution >= 0.6 is 11.3 Å². The van der Waals surface area contributed by atoms with Crippen molar-refractivity contribution in [3.05, 3.63) is 102 Å². The van der Waals surface area contributed by atoms with Gasteiger partial charge in [0.2, 0.25) is 0 Å². The molecule has 1 aliphatic rings. The van der Waals surface area contributed by atoms with Crippen LogP contribution < -0.4 is 20.5 Å². The maximum atomic E-state index is 13.9. The predicted molar refractivity (Wildman–Crippen MR) is 108 cm³/mol. The lowest BCUT2D eigenvalue weighted by molar-refractivity contribution is 0.604. The summed E-state index contributed by atoms with van der Waals surface area (Å²) in [5.74, 6) is -0.987. The van der Waals surface area contributed by atoms with E-state index in [0.29, 0.717) is 11.1 Å². The van der Waals surface area contributed by atoms with E-state index in [1.807, 2.05) is 12.1 Å². The molecule has 0 aliphatic carbocycles. The molecule has 0 radical (unpaired) electrons. The molecule has 1 atom stereocenters. The third-order valence-electron chi connectivity index (χ3n) is 4.70. The van der Waals surface area contributed by atoms with E-state index >= 15 is 0 Å². The highest BCUT2D eigenvalue weighted by Gasteiger charge is 2.31. The van der Waals surface area contributed by atoms with Gasteiger partial charge in [0.1, 0.15) is 34.0 Å². The summed E-state index contributed by atoms with van der Waals surface area (Å²) in [7, 11) is 0. The molecule has 2 heterocycles. The second-order valence-electron chi connectivity index (χ2n) is 6.53. The summed E-state index contributed by atoms with van der Waals surface area (Å²) in [5, 5.41) is 19.3. The SMILES string of the molecule is N#CC1=C(N)C(C#N)=c2s/c(=C/c3cccc(F)c3)c(=O)n2[C@@H]1c1cccc(F)c1. The number of halogens is 2. The van der Waals surface area contributed by atoms with Gasteiger partial charge >= 0.3 is 0 Å². The molecule has 1 aromatic heterocycles. The topological polar surface area (TPSA) is 95.6 Å². The Morgan fingerprint density at radius 1 is 1.07 bits per heavy atom. The van der Waals surface area contributed by atoms with Gasteiger partial charge in [0.15, 0.2) is 0 Å². The molecule has 0 amide bonds. The van der Waals surface area contributed by atoms with Crippen molar-refractivity contribution in [2.45, 2.75) is 6.04 Å². The zero-order valence-electron chi connectivity index (χ0n) is 15.3. The van der Waals surface area contributed by atoms with Crippen LogP contribution in [0.1, 0.15) is 17.2 Å². The Morgan fingerprint density at radius 3 is 2.40 bits per heavy atom. The normalized spacial score (nSPS) is 16.2. The van der Waals surface area contributed by atoms with Gasteiger partial charge in [-0.1, -0.05) is 24.3 Å². The van der Waals surface area contributed by atoms with E-state index in [0.717, 1.165) is 11.3 Å². The highest BCUT2D eigenvalue weighted by atomic mass is 32.1. The third kappa shape index (κ3) is 3.10. The molecular weight excluding hydrogens is 406 g/mol. The van der Waals surface area contributed by atoms with Gasteiger partial charge in [-0.05, 0) is 41.5 Å². The number of rotatable bonds is 2. The smallest absolute Gasteiger partial charge is 0.269 e. The molecule has 0 saturated carbocycles. The molecule has 0 saturated heterocycles. The second-order valence-corrected chi connectivity index (χ2v) is 7.56. The maximum absolute atomic E-state index is 13.9. The number of nitriles is 2. The number of thiazole rings is 1. The van der Waals surface area contributed by atoms with Crippen molar-refractivity contribution in [1.82, 2.24) is 4.57 Å². The number of aromatic nitrogens is 1. The summed E-state index contributed by atoms with van der Waals surface area (Å²) < 4.78 is 29.2. The minimum Gasteiger partial charge on any atom is -0.397 e. The molecule has 5 nitrogen and oxygen atoms in total. The fourth-order valence-corrected chi connectivity index (χ4v) is 4.53. The van der Waals surface area contributed by atoms with E-state index in [9.17, 15) is 24.1 Å². The van der Waals surface area contributed by atoms with Crippen molar-refractivity contribution >= 4 is 23.0 Å². The van der Waals surface area contributed by atoms with Crippen LogP contribution in [-0.2, 0) is 0 Å². The van der Waals surface area contributed by atoms with E-state index in [4.69, 9.17) is 5.73 Å². The maximum Gasteiger partial charge on any atom is 0.269 e. The van der Waals surface area contributed by atoms with Crippen LogP contribution in [0.25, 0.3) is 11.6 Å². The lowest BCUT2D eigenvalue weighted by Gasteiger charge is -2.23. The first-order valence-electron chi connectivity index (χ1n) is 8.73. The predicted octanol–water partition coefficient (Wildman–Crippen LogP) is 2.03. The molecule has 0 unspecified atom stereocenters. The molecule has 30 heavy (non-hydrogen) atoms. The Hall–Kier alpha value is -4.01. The number of allylic oxidation sites excluding steroid dienone is 2. The highest BCUT2D eigenvalue weighted by Crippen LogP contribution is 2.30. The summed E-state index contributed by atoms with van der Waals surface area (Å²) in [6.45, 7) is 0. The molecule has 0 bridgehead atoms. The Bertz CT molecular complexity index is 1480. The summed E-state index contributed by atoms with van der Waals surface area (Å²) in [6, 6.07) is 14.2. The average Bonchev–Trinajstić information content (AvgIpc) is 3.03. The zero-order valence-corrected chi connectivity index (χ0v) is 16.1. The standard InChI is InChI=1S/C22H12F2N4OS/c23-14-5-1-3-12(7-14)8-18-21(29)28-20(13-4-2-6-15(24)9-13)16(10-25)19(27)17(11-26)22(28)30-18/h1-9,20H,27H2/b18-8+/t20-/m1/s1. The van der Waals surface area contributed by atoms with E-state index in [1.165, 1.54) is 47.0 Å². The first kappa shape index (κ1) is 19.3. The van der Waals surface area contributed by atoms with Gasteiger partial charge in [-0.25, -0.2) is 8.78 Å². The third-order valence-corrected chi connectivity index (χ3v) is 5.81. The molecule has 8 heteroatoms. The van der Waals surface area contributed by atoms with E-state index < -0.39 is 23.2 Å². The molecule has 0 fully saturated rings. The number of fused-ring (bicyclic) bond motifs is 1. The minimum atomic E-state index is -0.976. The average molecular weight is 418 g/mol. The first-order chi connectivity index (χ1) is 14.4. The molecule has 1 aliphatic heterocycles. The van der Waals surface area contributed by atoms with Crippen molar-refractivity contribution in [2.24, 2.45) is 5.73 Å². The Balaban J connectivity index is 2.09. The van der Waals surface area contributed by atoms with Crippen molar-refractivity contribution in [3.8, 4) is 12.1 Å². The number of nitrogens with two attached hydrogens (primary N) is 1. The summed E-state index contributed by atoms with van der Waals surface area (Å²) >= 11 is 1.01. The Labute approximate surface area is 173 Å². The summed E-state index contributed by atoms with van der Waals surface area (Å²) in [5.41, 5.74) is 6.37. The van der Waals surface area contributed by atoms with E-state index in [-0.39, 0.29) is 26.0 Å². The van der Waals surface area contributed by atoms with Crippen LogP contribution in [0, 0.1) is 34.3 Å². The fraction of sp³-hybridized carbons (Fsp3) is 0.0455. The minimum absolute atomic E-state index is 0.000181. The molecule has 146 valence electrons. The van der Waals surface area contributed by atoms with Gasteiger partial charge < -0.3 is 5.73 Å². The summed E-state index contributed by atoms with van der Waals surface area (Å²) in [6.07, 6.45) is 1.50. The molecular formula is C22H12F2N4OS. The Morgan fingerprint density at radius 2 is 1.77 bits per heavy atom. The van der Waals surface area contributed by atoms with E-state index in [2.05, 4.69) is 0 Å². The van der Waals surface area contributed by atoms with Crippen molar-refractivity contribution in [3.63, 3.8) is 0 Å². The fourth-order valence-electron chi connectivity index (χ4n) is 3.40. The van der Waals surface area contributed by atoms with Gasteiger partial charge in [-0.3, -0.25) is 9.36 Å². The highest BCUT2D eigenvalue weighted by molar-refractivity contribution is 7.07. The largest absolute Gasteiger partial charge is 0.397 e. The number of benzene rings is 2. The van der Waals surface area contributed by atoms with Gasteiger partial charge in [0, 0.05) is 0 Å². The van der Waals surface area contributed by atoms with Gasteiger partial charge in [-0.15, -0.1) is 11.3 Å². The number of nitrogens with zero attached hydrogens (tertiary/aromatic N) is 3. The van der Waals surface area contributed by atoms with Crippen LogP contribution in [0.15, 0.2) is 64.6 Å². The lowest BCUT2D eigenvalue weighted by atomic mass is 9.93. The quantitative estimate of drug-likeness (QED) is 0.689. The van der Waals surface area contributed by atoms with Crippen LogP contribution in [-0.4, -0.2) is 4.57 Å². The lowest BCUT2D eigenvalue weighted by Crippen LogP contribution is -2.40.